The minimum atomic E-state index is -2.73. The quantitative estimate of drug-likeness (QED) is 0.313. The van der Waals surface area contributed by atoms with E-state index in [-0.39, 0.29) is 0 Å². The molecular weight excluding hydrogens is 444 g/mol. The van der Waals surface area contributed by atoms with Crippen LogP contribution in [0.2, 0.25) is 0 Å². The summed E-state index contributed by atoms with van der Waals surface area (Å²) >= 11 is 0. The predicted molar refractivity (Wildman–Crippen MR) is 144 cm³/mol. The molecule has 33 heavy (non-hydrogen) atoms. The van der Waals surface area contributed by atoms with E-state index in [9.17, 15) is 9.13 Å². The Kier molecular flexibility index (Phi) is 5.44. The van der Waals surface area contributed by atoms with Crippen LogP contribution in [0.25, 0.3) is 21.8 Å². The third-order valence-corrected chi connectivity index (χ3v) is 12.4. The number of aryl methyl sites for hydroxylation is 1. The molecular formula is C28H27NO2P2. The van der Waals surface area contributed by atoms with Gasteiger partial charge in [0.05, 0.1) is 0 Å². The summed E-state index contributed by atoms with van der Waals surface area (Å²) in [7, 11) is -3.42. The normalized spacial score (nSPS) is 15.4. The lowest BCUT2D eigenvalue weighted by Crippen LogP contribution is -2.17. The molecule has 2 atom stereocenters. The molecule has 2 unspecified atom stereocenters. The molecule has 1 aromatic heterocycles. The Morgan fingerprint density at radius 3 is 1.67 bits per heavy atom. The Bertz CT molecular complexity index is 1570. The van der Waals surface area contributed by atoms with Gasteiger partial charge in [0, 0.05) is 56.2 Å². The van der Waals surface area contributed by atoms with Gasteiger partial charge in [-0.15, -0.1) is 0 Å². The van der Waals surface area contributed by atoms with Crippen molar-refractivity contribution in [2.45, 2.75) is 6.92 Å². The van der Waals surface area contributed by atoms with Crippen LogP contribution in [0.4, 0.5) is 0 Å². The molecule has 166 valence electrons. The van der Waals surface area contributed by atoms with E-state index in [0.717, 1.165) is 43.0 Å². The molecule has 0 amide bonds. The second-order valence-electron chi connectivity index (χ2n) is 8.61. The third kappa shape index (κ3) is 3.52. The van der Waals surface area contributed by atoms with Gasteiger partial charge in [-0.1, -0.05) is 67.6 Å². The van der Waals surface area contributed by atoms with Crippen LogP contribution in [0.15, 0.2) is 97.1 Å². The van der Waals surface area contributed by atoms with E-state index in [1.807, 2.05) is 93.4 Å². The first-order valence-electron chi connectivity index (χ1n) is 11.2. The Morgan fingerprint density at radius 1 is 0.636 bits per heavy atom. The number of hydrogen-bond donors (Lipinski definition) is 0. The van der Waals surface area contributed by atoms with Crippen LogP contribution >= 0.6 is 14.3 Å². The van der Waals surface area contributed by atoms with Gasteiger partial charge in [0.2, 0.25) is 0 Å². The number of hydrogen-bond acceptors (Lipinski definition) is 2. The Hall–Kier alpha value is -2.86. The topological polar surface area (TPSA) is 39.1 Å². The molecule has 0 aliphatic carbocycles. The Balaban J connectivity index is 1.73. The van der Waals surface area contributed by atoms with Crippen molar-refractivity contribution in [2.75, 3.05) is 12.8 Å². The van der Waals surface area contributed by atoms with Crippen molar-refractivity contribution in [1.29, 1.82) is 0 Å². The van der Waals surface area contributed by atoms with Crippen LogP contribution in [0.1, 0.15) is 6.92 Å². The first kappa shape index (κ1) is 22.0. The third-order valence-electron chi connectivity index (χ3n) is 6.75. The smallest absolute Gasteiger partial charge is 0.143 e. The number of nitrogens with zero attached hydrogens (tertiary/aromatic N) is 1. The van der Waals surface area contributed by atoms with Crippen LogP contribution in [0.5, 0.6) is 0 Å². The molecule has 5 rings (SSSR count). The molecule has 0 radical (unpaired) electrons. The average molecular weight is 471 g/mol. The highest BCUT2D eigenvalue weighted by atomic mass is 31.2. The van der Waals surface area contributed by atoms with Crippen molar-refractivity contribution in [3.05, 3.63) is 97.1 Å². The lowest BCUT2D eigenvalue weighted by Gasteiger charge is -2.17. The first-order chi connectivity index (χ1) is 15.9. The van der Waals surface area contributed by atoms with Crippen LogP contribution in [-0.2, 0) is 16.2 Å². The van der Waals surface area contributed by atoms with Crippen LogP contribution < -0.4 is 21.2 Å². The molecule has 0 bridgehead atoms. The summed E-state index contributed by atoms with van der Waals surface area (Å²) in [5.74, 6) is 0. The van der Waals surface area contributed by atoms with E-state index >= 15 is 0 Å². The summed E-state index contributed by atoms with van der Waals surface area (Å²) in [6.45, 7) is 3.83. The zero-order valence-electron chi connectivity index (χ0n) is 19.1. The van der Waals surface area contributed by atoms with Gasteiger partial charge in [-0.25, -0.2) is 0 Å². The van der Waals surface area contributed by atoms with Crippen molar-refractivity contribution in [2.24, 2.45) is 7.05 Å². The lowest BCUT2D eigenvalue weighted by atomic mass is 10.1. The highest BCUT2D eigenvalue weighted by Gasteiger charge is 2.27. The van der Waals surface area contributed by atoms with Gasteiger partial charge in [0.15, 0.2) is 0 Å². The monoisotopic (exact) mass is 471 g/mol. The molecule has 3 nitrogen and oxygen atoms in total. The van der Waals surface area contributed by atoms with Gasteiger partial charge in [-0.2, -0.15) is 0 Å². The molecule has 0 aliphatic heterocycles. The standard InChI is InChI=1S/C28H27NO2P2/c1-4-33(31,22-13-9-6-10-14-22)24-16-18-28-26(20-24)25-19-23(15-17-27(25)29(28)2)32(3,30)21-11-7-5-8-12-21/h5-20H,4H2,1-3H3. The zero-order chi connectivity index (χ0) is 23.2. The molecule has 4 aromatic carbocycles. The van der Waals surface area contributed by atoms with E-state index in [4.69, 9.17) is 0 Å². The Morgan fingerprint density at radius 2 is 1.12 bits per heavy atom. The van der Waals surface area contributed by atoms with Gasteiger partial charge in [-0.05, 0) is 43.1 Å². The second kappa shape index (κ2) is 8.17. The zero-order valence-corrected chi connectivity index (χ0v) is 20.9. The van der Waals surface area contributed by atoms with Crippen molar-refractivity contribution in [3.8, 4) is 0 Å². The molecule has 0 saturated carbocycles. The molecule has 0 saturated heterocycles. The fourth-order valence-corrected chi connectivity index (χ4v) is 8.84. The highest BCUT2D eigenvalue weighted by Crippen LogP contribution is 2.44. The summed E-state index contributed by atoms with van der Waals surface area (Å²) in [5, 5.41) is 5.52. The van der Waals surface area contributed by atoms with Gasteiger partial charge in [0.25, 0.3) is 0 Å². The van der Waals surface area contributed by atoms with E-state index in [0.29, 0.717) is 6.16 Å². The highest BCUT2D eigenvalue weighted by molar-refractivity contribution is 7.78. The molecule has 0 spiro atoms. The van der Waals surface area contributed by atoms with Crippen molar-refractivity contribution in [3.63, 3.8) is 0 Å². The molecule has 5 aromatic rings. The van der Waals surface area contributed by atoms with E-state index < -0.39 is 14.3 Å². The maximum Gasteiger partial charge on any atom is 0.143 e. The molecule has 0 fully saturated rings. The summed E-state index contributed by atoms with van der Waals surface area (Å²) in [4.78, 5) is 0. The maximum atomic E-state index is 14.1. The molecule has 0 aliphatic rings. The van der Waals surface area contributed by atoms with Crippen LogP contribution in [0.3, 0.4) is 0 Å². The maximum absolute atomic E-state index is 14.1. The predicted octanol–water partition coefficient (Wildman–Crippen LogP) is 5.61. The van der Waals surface area contributed by atoms with Crippen molar-refractivity contribution >= 4 is 57.3 Å². The summed E-state index contributed by atoms with van der Waals surface area (Å²) in [5.41, 5.74) is 2.15. The van der Waals surface area contributed by atoms with Crippen molar-refractivity contribution in [1.82, 2.24) is 4.57 Å². The second-order valence-corrected chi connectivity index (χ2v) is 14.6. The van der Waals surface area contributed by atoms with Crippen molar-refractivity contribution < 1.29 is 9.13 Å². The minimum absolute atomic E-state index is 0.566. The molecule has 0 N–H and O–H groups in total. The molecule has 5 heteroatoms. The minimum Gasteiger partial charge on any atom is -0.344 e. The van der Waals surface area contributed by atoms with E-state index in [1.54, 1.807) is 0 Å². The summed E-state index contributed by atoms with van der Waals surface area (Å²) in [6.07, 6.45) is 0.566. The number of rotatable bonds is 5. The van der Waals surface area contributed by atoms with Gasteiger partial charge in [-0.3, -0.25) is 0 Å². The van der Waals surface area contributed by atoms with Crippen LogP contribution in [0, 0.1) is 0 Å². The van der Waals surface area contributed by atoms with E-state index in [1.165, 1.54) is 0 Å². The van der Waals surface area contributed by atoms with Gasteiger partial charge in [0.1, 0.15) is 14.3 Å². The SMILES string of the molecule is CCP(=O)(c1ccccc1)c1ccc2c(c1)c1cc(P(C)(=O)c3ccccc3)ccc1n2C. The summed E-state index contributed by atoms with van der Waals surface area (Å²) < 4.78 is 30.1. The number of fused-ring (bicyclic) bond motifs is 3. The summed E-state index contributed by atoms with van der Waals surface area (Å²) in [6, 6.07) is 31.7. The van der Waals surface area contributed by atoms with Gasteiger partial charge >= 0.3 is 0 Å². The Labute approximate surface area is 194 Å². The fraction of sp³-hybridized carbons (Fsp3) is 0.143. The number of benzene rings is 4. The first-order valence-corrected chi connectivity index (χ1v) is 15.2. The average Bonchev–Trinajstić information content (AvgIpc) is 3.15. The largest absolute Gasteiger partial charge is 0.344 e. The number of aromatic nitrogens is 1. The van der Waals surface area contributed by atoms with Gasteiger partial charge < -0.3 is 13.7 Å². The van der Waals surface area contributed by atoms with Crippen LogP contribution in [-0.4, -0.2) is 17.4 Å². The lowest BCUT2D eigenvalue weighted by molar-refractivity contribution is 0.587. The van der Waals surface area contributed by atoms with E-state index in [2.05, 4.69) is 28.8 Å². The molecule has 1 heterocycles. The fourth-order valence-electron chi connectivity index (χ4n) is 4.73.